The third-order valence-electron chi connectivity index (χ3n) is 2.21. The summed E-state index contributed by atoms with van der Waals surface area (Å²) in [6.07, 6.45) is 1.90. The first-order chi connectivity index (χ1) is 8.32. The van der Waals surface area contributed by atoms with Gasteiger partial charge in [-0.15, -0.1) is 0 Å². The topological polar surface area (TPSA) is 90.5 Å². The second kappa shape index (κ2) is 8.34. The molecule has 0 saturated heterocycles. The number of nitrogens with one attached hydrogen (secondary N) is 3. The van der Waals surface area contributed by atoms with Crippen LogP contribution < -0.4 is 16.0 Å². The first-order valence-electron chi connectivity index (χ1n) is 5.85. The summed E-state index contributed by atoms with van der Waals surface area (Å²) in [5.74, 6) is 0.158. The standard InChI is InChI=1S/C11H23N3O3S/c1-5-12-10(16)14-9(15)8(2)13-6-11(3,17)7-18-4/h8,13,17H,5-7H2,1-4H3,(H2,12,14,15,16). The number of carbonyl (C=O) groups is 2. The Bertz CT molecular complexity index is 285. The third-order valence-corrected chi connectivity index (χ3v) is 3.12. The van der Waals surface area contributed by atoms with Crippen LogP contribution in [0.15, 0.2) is 0 Å². The molecular weight excluding hydrogens is 254 g/mol. The van der Waals surface area contributed by atoms with Gasteiger partial charge in [-0.2, -0.15) is 11.8 Å². The number of carbonyl (C=O) groups excluding carboxylic acids is 2. The molecule has 106 valence electrons. The van der Waals surface area contributed by atoms with E-state index in [1.54, 1.807) is 20.8 Å². The molecule has 0 fully saturated rings. The van der Waals surface area contributed by atoms with Crippen molar-refractivity contribution in [3.63, 3.8) is 0 Å². The van der Waals surface area contributed by atoms with E-state index < -0.39 is 23.6 Å². The number of amides is 3. The van der Waals surface area contributed by atoms with Crippen LogP contribution in [-0.2, 0) is 4.79 Å². The number of hydrogen-bond donors (Lipinski definition) is 4. The van der Waals surface area contributed by atoms with Gasteiger partial charge in [0.1, 0.15) is 0 Å². The van der Waals surface area contributed by atoms with E-state index in [0.717, 1.165) is 0 Å². The molecule has 3 amide bonds. The molecule has 0 saturated carbocycles. The lowest BCUT2D eigenvalue weighted by Crippen LogP contribution is -2.51. The second-order valence-electron chi connectivity index (χ2n) is 4.38. The minimum absolute atomic E-state index is 0.290. The van der Waals surface area contributed by atoms with Crippen molar-refractivity contribution in [2.24, 2.45) is 0 Å². The summed E-state index contributed by atoms with van der Waals surface area (Å²) in [5, 5.41) is 17.5. The van der Waals surface area contributed by atoms with E-state index in [4.69, 9.17) is 0 Å². The van der Waals surface area contributed by atoms with Crippen molar-refractivity contribution in [3.05, 3.63) is 0 Å². The van der Waals surface area contributed by atoms with Gasteiger partial charge in [-0.3, -0.25) is 10.1 Å². The Morgan fingerprint density at radius 2 is 2.06 bits per heavy atom. The number of aliphatic hydroxyl groups is 1. The van der Waals surface area contributed by atoms with Crippen molar-refractivity contribution >= 4 is 23.7 Å². The van der Waals surface area contributed by atoms with Crippen LogP contribution in [0.5, 0.6) is 0 Å². The molecule has 18 heavy (non-hydrogen) atoms. The molecule has 0 spiro atoms. The highest BCUT2D eigenvalue weighted by Crippen LogP contribution is 2.09. The van der Waals surface area contributed by atoms with Gasteiger partial charge in [0, 0.05) is 18.8 Å². The van der Waals surface area contributed by atoms with Gasteiger partial charge in [-0.05, 0) is 27.0 Å². The van der Waals surface area contributed by atoms with Crippen molar-refractivity contribution in [2.75, 3.05) is 25.1 Å². The van der Waals surface area contributed by atoms with Crippen LogP contribution >= 0.6 is 11.8 Å². The van der Waals surface area contributed by atoms with E-state index in [2.05, 4.69) is 16.0 Å². The van der Waals surface area contributed by atoms with Crippen molar-refractivity contribution in [2.45, 2.75) is 32.4 Å². The summed E-state index contributed by atoms with van der Waals surface area (Å²) >= 11 is 1.53. The molecule has 2 atom stereocenters. The molecule has 7 heteroatoms. The number of thioether (sulfide) groups is 1. The molecule has 0 aromatic rings. The highest BCUT2D eigenvalue weighted by Gasteiger charge is 2.22. The van der Waals surface area contributed by atoms with E-state index in [0.29, 0.717) is 12.3 Å². The average molecular weight is 277 g/mol. The Morgan fingerprint density at radius 1 is 1.44 bits per heavy atom. The Balaban J connectivity index is 4.05. The first-order valence-corrected chi connectivity index (χ1v) is 7.25. The minimum Gasteiger partial charge on any atom is -0.388 e. The number of rotatable bonds is 7. The lowest BCUT2D eigenvalue weighted by molar-refractivity contribution is -0.121. The molecule has 0 bridgehead atoms. The van der Waals surface area contributed by atoms with Crippen molar-refractivity contribution < 1.29 is 14.7 Å². The predicted octanol–water partition coefficient (Wildman–Crippen LogP) is -0.0758. The molecule has 0 aliphatic heterocycles. The first kappa shape index (κ1) is 17.2. The lowest BCUT2D eigenvalue weighted by atomic mass is 10.1. The molecule has 0 rings (SSSR count). The number of imide groups is 1. The Morgan fingerprint density at radius 3 is 2.56 bits per heavy atom. The molecule has 0 aliphatic rings. The quantitative estimate of drug-likeness (QED) is 0.523. The summed E-state index contributed by atoms with van der Waals surface area (Å²) in [7, 11) is 0. The molecule has 0 radical (unpaired) electrons. The van der Waals surface area contributed by atoms with Crippen molar-refractivity contribution in [3.8, 4) is 0 Å². The van der Waals surface area contributed by atoms with Gasteiger partial charge in [-0.1, -0.05) is 0 Å². The zero-order valence-corrected chi connectivity index (χ0v) is 12.2. The van der Waals surface area contributed by atoms with E-state index in [1.807, 2.05) is 6.26 Å². The molecule has 0 aliphatic carbocycles. The lowest BCUT2D eigenvalue weighted by Gasteiger charge is -2.24. The van der Waals surface area contributed by atoms with E-state index in [-0.39, 0.29) is 6.54 Å². The Kier molecular flexibility index (Phi) is 7.97. The summed E-state index contributed by atoms with van der Waals surface area (Å²) in [4.78, 5) is 22.7. The van der Waals surface area contributed by atoms with Gasteiger partial charge >= 0.3 is 6.03 Å². The third kappa shape index (κ3) is 7.52. The van der Waals surface area contributed by atoms with E-state index >= 15 is 0 Å². The van der Waals surface area contributed by atoms with Gasteiger partial charge in [-0.25, -0.2) is 4.79 Å². The molecule has 4 N–H and O–H groups in total. The second-order valence-corrected chi connectivity index (χ2v) is 5.25. The number of urea groups is 1. The molecule has 2 unspecified atom stereocenters. The highest BCUT2D eigenvalue weighted by atomic mass is 32.2. The summed E-state index contributed by atoms with van der Waals surface area (Å²) < 4.78 is 0. The largest absolute Gasteiger partial charge is 0.388 e. The van der Waals surface area contributed by atoms with Crippen LogP contribution in [0.3, 0.4) is 0 Å². The van der Waals surface area contributed by atoms with Crippen molar-refractivity contribution in [1.82, 2.24) is 16.0 Å². The maximum Gasteiger partial charge on any atom is 0.321 e. The van der Waals surface area contributed by atoms with Gasteiger partial charge in [0.25, 0.3) is 0 Å². The van der Waals surface area contributed by atoms with Gasteiger partial charge in [0.15, 0.2) is 0 Å². The SMILES string of the molecule is CCNC(=O)NC(=O)C(C)NCC(C)(O)CSC. The number of hydrogen-bond acceptors (Lipinski definition) is 5. The van der Waals surface area contributed by atoms with Crippen LogP contribution in [0.4, 0.5) is 4.79 Å². The fourth-order valence-corrected chi connectivity index (χ4v) is 1.98. The molecule has 0 aromatic carbocycles. The molecular formula is C11H23N3O3S. The van der Waals surface area contributed by atoms with E-state index in [1.165, 1.54) is 11.8 Å². The molecule has 0 heterocycles. The average Bonchev–Trinajstić information content (AvgIpc) is 2.26. The van der Waals surface area contributed by atoms with Crippen LogP contribution in [0, 0.1) is 0 Å². The van der Waals surface area contributed by atoms with Crippen LogP contribution in [0.2, 0.25) is 0 Å². The minimum atomic E-state index is -0.875. The molecule has 6 nitrogen and oxygen atoms in total. The fourth-order valence-electron chi connectivity index (χ4n) is 1.25. The van der Waals surface area contributed by atoms with Gasteiger partial charge in [0.05, 0.1) is 11.6 Å². The summed E-state index contributed by atoms with van der Waals surface area (Å²) in [6.45, 7) is 5.86. The normalized spacial score (nSPS) is 15.6. The highest BCUT2D eigenvalue weighted by molar-refractivity contribution is 7.98. The van der Waals surface area contributed by atoms with Gasteiger partial charge < -0.3 is 15.7 Å². The monoisotopic (exact) mass is 277 g/mol. The zero-order chi connectivity index (χ0) is 14.2. The Labute approximate surface area is 112 Å². The van der Waals surface area contributed by atoms with E-state index in [9.17, 15) is 14.7 Å². The predicted molar refractivity (Wildman–Crippen MR) is 73.7 cm³/mol. The smallest absolute Gasteiger partial charge is 0.321 e. The van der Waals surface area contributed by atoms with Crippen LogP contribution in [0.1, 0.15) is 20.8 Å². The van der Waals surface area contributed by atoms with Crippen LogP contribution in [0.25, 0.3) is 0 Å². The van der Waals surface area contributed by atoms with Gasteiger partial charge in [0.2, 0.25) is 5.91 Å². The Hall–Kier alpha value is -0.790. The summed E-state index contributed by atoms with van der Waals surface area (Å²) in [6, 6.07) is -1.05. The van der Waals surface area contributed by atoms with Crippen molar-refractivity contribution in [1.29, 1.82) is 0 Å². The zero-order valence-electron chi connectivity index (χ0n) is 11.4. The fraction of sp³-hybridized carbons (Fsp3) is 0.818. The maximum atomic E-state index is 11.6. The summed E-state index contributed by atoms with van der Waals surface area (Å²) in [5.41, 5.74) is -0.875. The molecule has 0 aromatic heterocycles. The maximum absolute atomic E-state index is 11.6. The van der Waals surface area contributed by atoms with Crippen LogP contribution in [-0.4, -0.2) is 53.8 Å².